The number of piperidine rings is 1. The number of anilines is 1. The first-order valence-corrected chi connectivity index (χ1v) is 8.62. The maximum atomic E-state index is 12.4. The second kappa shape index (κ2) is 8.77. The molecule has 1 aromatic rings. The van der Waals surface area contributed by atoms with Gasteiger partial charge < -0.3 is 20.2 Å². The summed E-state index contributed by atoms with van der Waals surface area (Å²) >= 11 is 0. The predicted molar refractivity (Wildman–Crippen MR) is 93.9 cm³/mol. The first kappa shape index (κ1) is 17.6. The molecule has 1 atom stereocenters. The maximum Gasteiger partial charge on any atom is 0.317 e. The molecule has 23 heavy (non-hydrogen) atoms. The van der Waals surface area contributed by atoms with Crippen molar-refractivity contribution in [2.75, 3.05) is 37.7 Å². The largest absolute Gasteiger partial charge is 0.395 e. The minimum Gasteiger partial charge on any atom is -0.395 e. The molecule has 0 spiro atoms. The Labute approximate surface area is 139 Å². The van der Waals surface area contributed by atoms with Crippen LogP contribution in [0.3, 0.4) is 0 Å². The lowest BCUT2D eigenvalue weighted by atomic mass is 10.0. The van der Waals surface area contributed by atoms with E-state index in [-0.39, 0.29) is 18.7 Å². The Bertz CT molecular complexity index is 484. The quantitative estimate of drug-likeness (QED) is 0.846. The Morgan fingerprint density at radius 2 is 2.09 bits per heavy atom. The number of benzene rings is 1. The van der Waals surface area contributed by atoms with Gasteiger partial charge in [0.15, 0.2) is 0 Å². The zero-order valence-corrected chi connectivity index (χ0v) is 14.3. The highest BCUT2D eigenvalue weighted by atomic mass is 16.3. The van der Waals surface area contributed by atoms with Gasteiger partial charge in [0.05, 0.1) is 6.61 Å². The van der Waals surface area contributed by atoms with Crippen molar-refractivity contribution in [3.05, 3.63) is 29.8 Å². The number of hydrogen-bond acceptors (Lipinski definition) is 3. The number of amides is 2. The second-order valence-corrected chi connectivity index (χ2v) is 6.28. The van der Waals surface area contributed by atoms with Crippen LogP contribution >= 0.6 is 0 Å². The van der Waals surface area contributed by atoms with Crippen molar-refractivity contribution < 1.29 is 9.90 Å². The number of aryl methyl sites for hydroxylation is 1. The van der Waals surface area contributed by atoms with Crippen molar-refractivity contribution in [3.8, 4) is 0 Å². The van der Waals surface area contributed by atoms with E-state index in [1.165, 1.54) is 11.3 Å². The van der Waals surface area contributed by atoms with Gasteiger partial charge in [0.25, 0.3) is 0 Å². The lowest BCUT2D eigenvalue weighted by Crippen LogP contribution is -2.52. The van der Waals surface area contributed by atoms with Crippen molar-refractivity contribution in [2.24, 2.45) is 0 Å². The first-order valence-electron chi connectivity index (χ1n) is 8.62. The highest BCUT2D eigenvalue weighted by Gasteiger charge is 2.23. The van der Waals surface area contributed by atoms with Crippen molar-refractivity contribution in [1.82, 2.24) is 10.2 Å². The van der Waals surface area contributed by atoms with Gasteiger partial charge in [-0.3, -0.25) is 0 Å². The van der Waals surface area contributed by atoms with Gasteiger partial charge >= 0.3 is 6.03 Å². The summed E-state index contributed by atoms with van der Waals surface area (Å²) in [7, 11) is 0. The molecule has 5 nitrogen and oxygen atoms in total. The molecule has 2 amide bonds. The third-order valence-corrected chi connectivity index (χ3v) is 4.30. The number of aliphatic hydroxyl groups is 1. The molecule has 0 radical (unpaired) electrons. The fraction of sp³-hybridized carbons (Fsp3) is 0.611. The monoisotopic (exact) mass is 319 g/mol. The minimum absolute atomic E-state index is 0.00752. The van der Waals surface area contributed by atoms with Gasteiger partial charge in [-0.2, -0.15) is 0 Å². The summed E-state index contributed by atoms with van der Waals surface area (Å²) < 4.78 is 0. The van der Waals surface area contributed by atoms with Crippen molar-refractivity contribution in [3.63, 3.8) is 0 Å². The van der Waals surface area contributed by atoms with E-state index in [4.69, 9.17) is 5.11 Å². The number of nitrogens with zero attached hydrogens (tertiary/aromatic N) is 2. The standard InChI is InChI=1S/C18H29N3O2/c1-3-10-20(12-13-22)18(23)19-16-5-4-11-21(14-16)17-8-6-15(2)7-9-17/h6-9,16,22H,3-5,10-14H2,1-2H3,(H,19,23). The molecule has 0 aliphatic carbocycles. The molecule has 1 unspecified atom stereocenters. The number of urea groups is 1. The fourth-order valence-electron chi connectivity index (χ4n) is 3.06. The van der Waals surface area contributed by atoms with Crippen LogP contribution in [0.1, 0.15) is 31.7 Å². The van der Waals surface area contributed by atoms with Crippen LogP contribution in [0.2, 0.25) is 0 Å². The molecule has 0 saturated carbocycles. The third-order valence-electron chi connectivity index (χ3n) is 4.30. The van der Waals surface area contributed by atoms with Crippen LogP contribution in [0.4, 0.5) is 10.5 Å². The topological polar surface area (TPSA) is 55.8 Å². The van der Waals surface area contributed by atoms with E-state index >= 15 is 0 Å². The first-order chi connectivity index (χ1) is 11.1. The normalized spacial score (nSPS) is 17.9. The van der Waals surface area contributed by atoms with Gasteiger partial charge in [0.2, 0.25) is 0 Å². The molecular weight excluding hydrogens is 290 g/mol. The molecule has 1 aliphatic rings. The smallest absolute Gasteiger partial charge is 0.317 e. The Balaban J connectivity index is 1.92. The van der Waals surface area contributed by atoms with Crippen LogP contribution < -0.4 is 10.2 Å². The Morgan fingerprint density at radius 3 is 2.74 bits per heavy atom. The molecule has 2 N–H and O–H groups in total. The Hall–Kier alpha value is -1.75. The minimum atomic E-state index is -0.0587. The van der Waals surface area contributed by atoms with Gasteiger partial charge in [-0.25, -0.2) is 4.79 Å². The summed E-state index contributed by atoms with van der Waals surface area (Å²) in [5.41, 5.74) is 2.48. The fourth-order valence-corrected chi connectivity index (χ4v) is 3.06. The van der Waals surface area contributed by atoms with Crippen LogP contribution in [-0.2, 0) is 0 Å². The predicted octanol–water partition coefficient (Wildman–Crippen LogP) is 2.38. The summed E-state index contributed by atoms with van der Waals surface area (Å²) in [6, 6.07) is 8.65. The highest BCUT2D eigenvalue weighted by molar-refractivity contribution is 5.74. The number of aliphatic hydroxyl groups excluding tert-OH is 1. The van der Waals surface area contributed by atoms with E-state index in [2.05, 4.69) is 41.4 Å². The molecule has 1 fully saturated rings. The molecule has 5 heteroatoms. The van der Waals surface area contributed by atoms with Gasteiger partial charge in [0, 0.05) is 37.9 Å². The van der Waals surface area contributed by atoms with Crippen LogP contribution in [0.25, 0.3) is 0 Å². The second-order valence-electron chi connectivity index (χ2n) is 6.28. The van der Waals surface area contributed by atoms with Crippen LogP contribution in [-0.4, -0.2) is 54.9 Å². The molecule has 1 aliphatic heterocycles. The number of carbonyl (C=O) groups is 1. The maximum absolute atomic E-state index is 12.4. The summed E-state index contributed by atoms with van der Waals surface area (Å²) in [4.78, 5) is 16.4. The molecule has 0 bridgehead atoms. The summed E-state index contributed by atoms with van der Waals surface area (Å²) in [6.07, 6.45) is 2.98. The van der Waals surface area contributed by atoms with Crippen LogP contribution in [0.5, 0.6) is 0 Å². The van der Waals surface area contributed by atoms with Gasteiger partial charge in [-0.05, 0) is 38.3 Å². The molecule has 1 aromatic carbocycles. The lowest BCUT2D eigenvalue weighted by Gasteiger charge is -2.36. The van der Waals surface area contributed by atoms with Gasteiger partial charge in [0.1, 0.15) is 0 Å². The molecular formula is C18H29N3O2. The lowest BCUT2D eigenvalue weighted by molar-refractivity contribution is 0.173. The van der Waals surface area contributed by atoms with E-state index < -0.39 is 0 Å². The summed E-state index contributed by atoms with van der Waals surface area (Å²) in [5.74, 6) is 0. The van der Waals surface area contributed by atoms with E-state index in [0.29, 0.717) is 13.1 Å². The molecule has 128 valence electrons. The summed E-state index contributed by atoms with van der Waals surface area (Å²) in [6.45, 7) is 7.09. The molecule has 1 heterocycles. The van der Waals surface area contributed by atoms with Crippen LogP contribution in [0.15, 0.2) is 24.3 Å². The van der Waals surface area contributed by atoms with E-state index in [1.807, 2.05) is 6.92 Å². The number of carbonyl (C=O) groups excluding carboxylic acids is 1. The third kappa shape index (κ3) is 5.13. The Morgan fingerprint density at radius 1 is 1.35 bits per heavy atom. The summed E-state index contributed by atoms with van der Waals surface area (Å²) in [5, 5.41) is 12.2. The van der Waals surface area contributed by atoms with Gasteiger partial charge in [-0.1, -0.05) is 24.6 Å². The van der Waals surface area contributed by atoms with Crippen molar-refractivity contribution in [2.45, 2.75) is 39.2 Å². The van der Waals surface area contributed by atoms with E-state index in [1.54, 1.807) is 4.90 Å². The van der Waals surface area contributed by atoms with Crippen molar-refractivity contribution >= 4 is 11.7 Å². The molecule has 2 rings (SSSR count). The molecule has 0 aromatic heterocycles. The highest BCUT2D eigenvalue weighted by Crippen LogP contribution is 2.20. The zero-order valence-electron chi connectivity index (χ0n) is 14.3. The van der Waals surface area contributed by atoms with Crippen molar-refractivity contribution in [1.29, 1.82) is 0 Å². The Kier molecular flexibility index (Phi) is 6.71. The SMILES string of the molecule is CCCN(CCO)C(=O)NC1CCCN(c2ccc(C)cc2)C1. The average molecular weight is 319 g/mol. The van der Waals surface area contributed by atoms with Gasteiger partial charge in [-0.15, -0.1) is 0 Å². The zero-order chi connectivity index (χ0) is 16.7. The van der Waals surface area contributed by atoms with E-state index in [9.17, 15) is 4.79 Å². The number of rotatable bonds is 6. The number of nitrogens with one attached hydrogen (secondary N) is 1. The van der Waals surface area contributed by atoms with E-state index in [0.717, 1.165) is 32.4 Å². The van der Waals surface area contributed by atoms with Crippen LogP contribution in [0, 0.1) is 6.92 Å². The average Bonchev–Trinajstić information content (AvgIpc) is 2.55. The molecule has 1 saturated heterocycles. The number of hydrogen-bond donors (Lipinski definition) is 2.